The van der Waals surface area contributed by atoms with Gasteiger partial charge in [0.1, 0.15) is 0 Å². The number of nitrogens with two attached hydrogens (primary N) is 1. The van der Waals surface area contributed by atoms with Gasteiger partial charge in [-0.1, -0.05) is 18.2 Å². The Hall–Kier alpha value is -2.33. The third-order valence-corrected chi connectivity index (χ3v) is 2.88. The molecule has 1 aliphatic carbocycles. The van der Waals surface area contributed by atoms with E-state index in [4.69, 9.17) is 5.84 Å². The Morgan fingerprint density at radius 3 is 2.76 bits per heavy atom. The summed E-state index contributed by atoms with van der Waals surface area (Å²) in [5, 5.41) is 1.01. The van der Waals surface area contributed by atoms with E-state index < -0.39 is 0 Å². The van der Waals surface area contributed by atoms with E-state index in [0.717, 1.165) is 16.6 Å². The lowest BCUT2D eigenvalue weighted by molar-refractivity contribution is 1.30. The number of hydrogen-bond acceptors (Lipinski definition) is 3. The number of hydrazine groups is 1. The van der Waals surface area contributed by atoms with Crippen molar-refractivity contribution < 1.29 is 0 Å². The van der Waals surface area contributed by atoms with Crippen molar-refractivity contribution in [1.29, 1.82) is 0 Å². The highest BCUT2D eigenvalue weighted by atomic mass is 16.1. The fourth-order valence-electron chi connectivity index (χ4n) is 2.00. The molecule has 17 heavy (non-hydrogen) atoms. The third kappa shape index (κ3) is 1.46. The molecule has 1 aromatic carbocycles. The van der Waals surface area contributed by atoms with Gasteiger partial charge in [0.15, 0.2) is 0 Å². The van der Waals surface area contributed by atoms with Gasteiger partial charge in [-0.3, -0.25) is 10.6 Å². The average molecular weight is 225 g/mol. The standard InChI is InChI=1S/C13H11N3O/c14-16-12-6-5-11-9(13(12)17)7-8-3-1-2-4-10(8)15-11/h1-7,15-16H,14H2. The van der Waals surface area contributed by atoms with Crippen LogP contribution in [0.1, 0.15) is 0 Å². The summed E-state index contributed by atoms with van der Waals surface area (Å²) in [5.74, 6) is 5.29. The lowest BCUT2D eigenvalue weighted by Crippen LogP contribution is -2.18. The monoisotopic (exact) mass is 225 g/mol. The van der Waals surface area contributed by atoms with E-state index in [1.165, 1.54) is 0 Å². The fourth-order valence-corrected chi connectivity index (χ4v) is 2.00. The molecule has 0 saturated heterocycles. The predicted molar refractivity (Wildman–Crippen MR) is 69.0 cm³/mol. The molecular formula is C13H11N3O. The van der Waals surface area contributed by atoms with Crippen molar-refractivity contribution in [3.05, 3.63) is 52.7 Å². The molecule has 0 unspecified atom stereocenters. The average Bonchev–Trinajstić information content (AvgIpc) is 2.37. The Balaban J connectivity index is 2.45. The second-order valence-corrected chi connectivity index (χ2v) is 3.90. The number of aromatic nitrogens is 1. The number of benzene rings is 2. The van der Waals surface area contributed by atoms with Gasteiger partial charge in [-0.15, -0.1) is 0 Å². The lowest BCUT2D eigenvalue weighted by atomic mass is 10.0. The van der Waals surface area contributed by atoms with Crippen molar-refractivity contribution in [3.8, 4) is 11.3 Å². The zero-order valence-corrected chi connectivity index (χ0v) is 9.03. The number of pyridine rings is 1. The Labute approximate surface area is 97.4 Å². The molecule has 4 N–H and O–H groups in total. The molecule has 1 aromatic rings. The smallest absolute Gasteiger partial charge is 0.212 e. The summed E-state index contributed by atoms with van der Waals surface area (Å²) in [4.78, 5) is 15.3. The molecule has 0 atom stereocenters. The molecule has 84 valence electrons. The largest absolute Gasteiger partial charge is 0.354 e. The minimum Gasteiger partial charge on any atom is -0.354 e. The zero-order chi connectivity index (χ0) is 11.8. The number of nitrogen functional groups attached to an aromatic ring is 1. The predicted octanol–water partition coefficient (Wildman–Crippen LogP) is 1.92. The Bertz CT molecular complexity index is 717. The van der Waals surface area contributed by atoms with Gasteiger partial charge >= 0.3 is 0 Å². The van der Waals surface area contributed by atoms with Crippen LogP contribution in [0.25, 0.3) is 22.2 Å². The first-order valence-corrected chi connectivity index (χ1v) is 5.31. The molecule has 0 fully saturated rings. The summed E-state index contributed by atoms with van der Waals surface area (Å²) in [6, 6.07) is 13.2. The first-order valence-electron chi connectivity index (χ1n) is 5.31. The SMILES string of the molecule is NNc1ccc2[nH]c3ccccc3cc-2c1=O. The van der Waals surface area contributed by atoms with E-state index >= 15 is 0 Å². The van der Waals surface area contributed by atoms with E-state index in [9.17, 15) is 4.79 Å². The van der Waals surface area contributed by atoms with E-state index in [2.05, 4.69) is 10.4 Å². The first-order chi connectivity index (χ1) is 8.29. The summed E-state index contributed by atoms with van der Waals surface area (Å²) in [6.45, 7) is 0. The second kappa shape index (κ2) is 3.61. The molecule has 3 rings (SSSR count). The molecular weight excluding hydrogens is 214 g/mol. The maximum Gasteiger partial charge on any atom is 0.212 e. The van der Waals surface area contributed by atoms with Gasteiger partial charge < -0.3 is 10.4 Å². The molecule has 1 aliphatic heterocycles. The van der Waals surface area contributed by atoms with Crippen LogP contribution in [0.2, 0.25) is 0 Å². The van der Waals surface area contributed by atoms with E-state index in [1.54, 1.807) is 6.07 Å². The van der Waals surface area contributed by atoms with Gasteiger partial charge in [-0.05, 0) is 29.7 Å². The highest BCUT2D eigenvalue weighted by molar-refractivity contribution is 5.86. The molecule has 1 heterocycles. The Kier molecular flexibility index (Phi) is 2.09. The normalized spacial score (nSPS) is 10.9. The van der Waals surface area contributed by atoms with E-state index in [0.29, 0.717) is 11.3 Å². The number of aromatic amines is 1. The lowest BCUT2D eigenvalue weighted by Gasteiger charge is -2.09. The van der Waals surface area contributed by atoms with Crippen LogP contribution in [0, 0.1) is 0 Å². The van der Waals surface area contributed by atoms with Gasteiger partial charge in [0, 0.05) is 16.8 Å². The van der Waals surface area contributed by atoms with Crippen LogP contribution in [0.3, 0.4) is 0 Å². The maximum absolute atomic E-state index is 12.0. The van der Waals surface area contributed by atoms with Crippen LogP contribution in [-0.2, 0) is 0 Å². The van der Waals surface area contributed by atoms with Crippen molar-refractivity contribution in [2.24, 2.45) is 5.84 Å². The number of nitrogens with one attached hydrogen (secondary N) is 2. The summed E-state index contributed by atoms with van der Waals surface area (Å²) in [5.41, 5.74) is 5.18. The van der Waals surface area contributed by atoms with Crippen LogP contribution in [0.5, 0.6) is 0 Å². The van der Waals surface area contributed by atoms with Crippen LogP contribution < -0.4 is 16.7 Å². The van der Waals surface area contributed by atoms with Gasteiger partial charge in [-0.25, -0.2) is 0 Å². The Morgan fingerprint density at radius 2 is 1.94 bits per heavy atom. The van der Waals surface area contributed by atoms with Gasteiger partial charge in [0.05, 0.1) is 5.69 Å². The summed E-state index contributed by atoms with van der Waals surface area (Å²) >= 11 is 0. The number of anilines is 1. The van der Waals surface area contributed by atoms with Crippen LogP contribution in [0.15, 0.2) is 47.3 Å². The minimum atomic E-state index is -0.0907. The molecule has 0 spiro atoms. The molecule has 2 aliphatic rings. The van der Waals surface area contributed by atoms with Crippen molar-refractivity contribution >= 4 is 16.6 Å². The molecule has 0 saturated carbocycles. The van der Waals surface area contributed by atoms with Gasteiger partial charge in [0.25, 0.3) is 0 Å². The molecule has 4 heteroatoms. The summed E-state index contributed by atoms with van der Waals surface area (Å²) in [6.07, 6.45) is 0. The van der Waals surface area contributed by atoms with Crippen molar-refractivity contribution in [1.82, 2.24) is 4.98 Å². The van der Waals surface area contributed by atoms with E-state index in [1.807, 2.05) is 36.4 Å². The maximum atomic E-state index is 12.0. The van der Waals surface area contributed by atoms with Crippen LogP contribution in [-0.4, -0.2) is 4.98 Å². The van der Waals surface area contributed by atoms with Gasteiger partial charge in [0.2, 0.25) is 5.43 Å². The van der Waals surface area contributed by atoms with Crippen molar-refractivity contribution in [2.75, 3.05) is 5.43 Å². The van der Waals surface area contributed by atoms with Crippen molar-refractivity contribution in [2.45, 2.75) is 0 Å². The quantitative estimate of drug-likeness (QED) is 0.336. The Morgan fingerprint density at radius 1 is 1.12 bits per heavy atom. The molecule has 4 nitrogen and oxygen atoms in total. The highest BCUT2D eigenvalue weighted by Crippen LogP contribution is 2.23. The van der Waals surface area contributed by atoms with E-state index in [-0.39, 0.29) is 5.43 Å². The van der Waals surface area contributed by atoms with Crippen LogP contribution in [0.4, 0.5) is 5.69 Å². The highest BCUT2D eigenvalue weighted by Gasteiger charge is 2.10. The van der Waals surface area contributed by atoms with Gasteiger partial charge in [-0.2, -0.15) is 0 Å². The molecule has 0 amide bonds. The second-order valence-electron chi connectivity index (χ2n) is 3.90. The third-order valence-electron chi connectivity index (χ3n) is 2.88. The topological polar surface area (TPSA) is 70.9 Å². The number of rotatable bonds is 1. The van der Waals surface area contributed by atoms with Crippen LogP contribution >= 0.6 is 0 Å². The van der Waals surface area contributed by atoms with Crippen molar-refractivity contribution in [3.63, 3.8) is 0 Å². The fraction of sp³-hybridized carbons (Fsp3) is 0. The number of fused-ring (bicyclic) bond motifs is 2. The summed E-state index contributed by atoms with van der Waals surface area (Å²) in [7, 11) is 0. The summed E-state index contributed by atoms with van der Waals surface area (Å²) < 4.78 is 0. The zero-order valence-electron chi connectivity index (χ0n) is 9.03. The molecule has 0 aromatic heterocycles. The minimum absolute atomic E-state index is 0.0907. The first kappa shape index (κ1) is 9.86. The molecule has 0 radical (unpaired) electrons. The molecule has 0 bridgehead atoms. The number of H-pyrrole nitrogens is 1. The number of para-hydroxylation sites is 1. The number of hydrogen-bond donors (Lipinski definition) is 3.